The topological polar surface area (TPSA) is 210 Å². The molecule has 0 aliphatic carbocycles. The second-order valence-electron chi connectivity index (χ2n) is 26.6. The quantitative estimate of drug-likeness (QED) is 0.0823. The molecule has 0 aliphatic heterocycles. The Balaban J connectivity index is 0.000000116. The summed E-state index contributed by atoms with van der Waals surface area (Å²) in [7, 11) is 0. The zero-order chi connectivity index (χ0) is 79.7. The minimum absolute atomic E-state index is 0. The normalized spacial score (nSPS) is 11.0. The van der Waals surface area contributed by atoms with Gasteiger partial charge in [-0.2, -0.15) is 22.7 Å². The summed E-state index contributed by atoms with van der Waals surface area (Å²) in [5.41, 5.74) is 16.7. The van der Waals surface area contributed by atoms with Crippen molar-refractivity contribution in [2.75, 3.05) is 0 Å². The Kier molecular flexibility index (Phi) is 25.2. The third kappa shape index (κ3) is 17.9. The molecule has 0 fully saturated rings. The first kappa shape index (κ1) is 83.4. The Bertz CT molecular complexity index is 6800. The van der Waals surface area contributed by atoms with E-state index in [0.29, 0.717) is 80.4 Å². The van der Waals surface area contributed by atoms with Gasteiger partial charge in [0, 0.05) is 132 Å². The third-order valence-corrected chi connectivity index (χ3v) is 22.6. The number of nitrogens with zero attached hydrogens (tertiary/aromatic N) is 12. The molecule has 0 unspecified atom stereocenters. The van der Waals surface area contributed by atoms with Crippen LogP contribution in [-0.2, 0) is 84.3 Å². The molecule has 0 atom stereocenters. The smallest absolute Gasteiger partial charge is 0.497 e. The van der Waals surface area contributed by atoms with E-state index in [-0.39, 0.29) is 84.3 Å². The average molecular weight is 2410 g/mol. The molecule has 16 heterocycles. The molecule has 0 N–H and O–H groups in total. The monoisotopic (exact) mass is 2410 g/mol. The minimum atomic E-state index is 0. The van der Waals surface area contributed by atoms with Crippen LogP contribution < -0.4 is 18.9 Å². The number of fused-ring (bicyclic) bond motifs is 8. The van der Waals surface area contributed by atoms with Gasteiger partial charge in [0.2, 0.25) is 5.71 Å². The van der Waals surface area contributed by atoms with E-state index in [9.17, 15) is 0 Å². The van der Waals surface area contributed by atoms with Gasteiger partial charge in [-0.3, -0.25) is 29.9 Å². The number of pyridine rings is 4. The zero-order valence-corrected chi connectivity index (χ0v) is 75.9. The van der Waals surface area contributed by atoms with Crippen LogP contribution in [0.2, 0.25) is 0 Å². The van der Waals surface area contributed by atoms with Crippen LogP contribution in [0.3, 0.4) is 0 Å². The molecule has 0 spiro atoms. The van der Waals surface area contributed by atoms with Crippen LogP contribution in [0, 0.1) is 48.5 Å². The third-order valence-electron chi connectivity index (χ3n) is 18.8. The van der Waals surface area contributed by atoms with E-state index in [2.05, 4.69) is 94.9 Å². The number of rotatable bonds is 16. The number of thiophene rings is 2. The van der Waals surface area contributed by atoms with E-state index in [1.165, 1.54) is 4.70 Å². The van der Waals surface area contributed by atoms with E-state index in [1.807, 2.05) is 285 Å². The van der Waals surface area contributed by atoms with Crippen molar-refractivity contribution in [3.05, 3.63) is 365 Å². The Hall–Kier alpha value is -12.8. The van der Waals surface area contributed by atoms with Crippen molar-refractivity contribution in [2.24, 2.45) is 0 Å². The molecule has 0 amide bonds. The summed E-state index contributed by atoms with van der Waals surface area (Å²) in [5.74, 6) is 5.68. The molecule has 24 aromatic rings. The summed E-state index contributed by atoms with van der Waals surface area (Å²) in [6, 6.07) is 104. The van der Waals surface area contributed by atoms with Gasteiger partial charge < -0.3 is 54.2 Å². The second-order valence-corrected chi connectivity index (χ2v) is 30.5. The molecule has 16 aromatic heterocycles. The summed E-state index contributed by atoms with van der Waals surface area (Å²) in [5, 5.41) is 5.81. The molecule has 0 radical (unpaired) electrons. The number of imidazole rings is 4. The van der Waals surface area contributed by atoms with Gasteiger partial charge in [0.1, 0.15) is 16.6 Å². The largest absolute Gasteiger partial charge is 2.00 e. The first-order chi connectivity index (χ1) is 59.3. The Morgan fingerprint density at radius 3 is 1.02 bits per heavy atom. The number of hydrogen-bond donors (Lipinski definition) is 0. The molecular formula is C96H52N12O8Pt4S4. The van der Waals surface area contributed by atoms with Crippen molar-refractivity contribution in [2.45, 2.75) is 0 Å². The van der Waals surface area contributed by atoms with E-state index >= 15 is 0 Å². The fourth-order valence-corrected chi connectivity index (χ4v) is 16.8. The van der Waals surface area contributed by atoms with Gasteiger partial charge in [-0.05, 0) is 77.5 Å². The number of thiazole rings is 2. The molecule has 28 heteroatoms. The van der Waals surface area contributed by atoms with E-state index in [0.717, 1.165) is 114 Å². The van der Waals surface area contributed by atoms with Gasteiger partial charge in [0.15, 0.2) is 16.0 Å². The molecule has 0 saturated heterocycles. The zero-order valence-electron chi connectivity index (χ0n) is 63.6. The Labute approximate surface area is 779 Å². The van der Waals surface area contributed by atoms with Crippen LogP contribution >= 0.6 is 45.3 Å². The molecule has 20 nitrogen and oxygen atoms in total. The van der Waals surface area contributed by atoms with E-state index in [1.54, 1.807) is 82.9 Å². The Morgan fingerprint density at radius 2 is 0.613 bits per heavy atom. The van der Waals surface area contributed by atoms with Crippen molar-refractivity contribution in [1.82, 2.24) is 57.5 Å². The summed E-state index contributed by atoms with van der Waals surface area (Å²) >= 11 is 6.43. The van der Waals surface area contributed by atoms with E-state index < -0.39 is 0 Å². The summed E-state index contributed by atoms with van der Waals surface area (Å²) in [6.45, 7) is 0. The van der Waals surface area contributed by atoms with Crippen LogP contribution in [0.1, 0.15) is 0 Å². The maximum absolute atomic E-state index is 6.08. The second kappa shape index (κ2) is 37.5. The van der Waals surface area contributed by atoms with Crippen LogP contribution in [0.25, 0.3) is 153 Å². The van der Waals surface area contributed by atoms with Crippen LogP contribution in [0.5, 0.6) is 46.0 Å². The van der Waals surface area contributed by atoms with Crippen LogP contribution in [0.4, 0.5) is 0 Å². The fourth-order valence-electron chi connectivity index (χ4n) is 13.3. The van der Waals surface area contributed by atoms with Crippen molar-refractivity contribution >= 4 is 109 Å². The van der Waals surface area contributed by atoms with Crippen molar-refractivity contribution in [3.63, 3.8) is 0 Å². The van der Waals surface area contributed by atoms with Crippen LogP contribution in [-0.4, -0.2) is 57.5 Å². The number of furan rings is 2. The van der Waals surface area contributed by atoms with Crippen LogP contribution in [0.15, 0.2) is 334 Å². The van der Waals surface area contributed by atoms with Gasteiger partial charge in [0.05, 0.1) is 47.2 Å². The fraction of sp³-hybridized carbons (Fsp3) is 0. The van der Waals surface area contributed by atoms with Gasteiger partial charge >= 0.3 is 84.3 Å². The number of benzene rings is 8. The maximum atomic E-state index is 6.08. The van der Waals surface area contributed by atoms with Crippen molar-refractivity contribution < 1.29 is 121 Å². The predicted molar refractivity (Wildman–Crippen MR) is 463 cm³/mol. The molecule has 0 aliphatic rings. The molecule has 0 bridgehead atoms. The number of hydrogen-bond acceptors (Lipinski definition) is 20. The van der Waals surface area contributed by atoms with Gasteiger partial charge in [-0.15, -0.1) is 202 Å². The van der Waals surface area contributed by atoms with Gasteiger partial charge in [-0.25, -0.2) is 9.97 Å². The number of oxazole rings is 2. The molecule has 0 saturated carbocycles. The van der Waals surface area contributed by atoms with Crippen molar-refractivity contribution in [3.8, 4) is 135 Å². The average Bonchev–Trinajstić information content (AvgIpc) is 1.53. The predicted octanol–water partition coefficient (Wildman–Crippen LogP) is 25.0. The minimum Gasteiger partial charge on any atom is -0.497 e. The Morgan fingerprint density at radius 1 is 0.274 bits per heavy atom. The SMILES string of the molecule is [Pt+2].[Pt+2].[Pt+2].[Pt+2].[c-]1c(Oc2[c-]c(-c3ncn4ccccc34)ccc2)cccc1-c1nc2occc2o1.[c-]1c(Oc2[c-]c(-c3ncn4ccccc34)ccc2)cccc1-c1nc2occc2s1.[c-]1c(Oc2[c-]c(-c3ncn4ccccc34)ccc2)cccc1-c1nc2sccc2o1.[c-]1c(Oc2[c-]c(-c3ncn4ccccc34)ccc2)cccc1-c1nc2sccc2s1. The number of ether oxygens (including phenoxy) is 4. The number of aromatic nitrogens is 12. The summed E-state index contributed by atoms with van der Waals surface area (Å²) in [6.07, 6.45) is 18.3. The van der Waals surface area contributed by atoms with Gasteiger partial charge in [-0.1, -0.05) is 83.9 Å². The van der Waals surface area contributed by atoms with E-state index in [4.69, 9.17) is 41.6 Å². The first-order valence-electron chi connectivity index (χ1n) is 37.3. The maximum Gasteiger partial charge on any atom is 2.00 e. The molecule has 124 heavy (non-hydrogen) atoms. The van der Waals surface area contributed by atoms with Crippen molar-refractivity contribution in [1.29, 1.82) is 0 Å². The molecule has 8 aromatic carbocycles. The summed E-state index contributed by atoms with van der Waals surface area (Å²) in [4.78, 5) is 38.1. The molecule has 24 rings (SSSR count). The molecule has 608 valence electrons. The summed E-state index contributed by atoms with van der Waals surface area (Å²) < 4.78 is 56.4. The van der Waals surface area contributed by atoms with Gasteiger partial charge in [0.25, 0.3) is 5.71 Å². The molecular weight excluding hydrogens is 2360 g/mol. The standard InChI is InChI=1S/C24H13N3O3.2C24H13N3O2S.C24H13N3OS2.4Pt/c1-2-11-27-15-25-22(20(27)9-1)16-5-3-7-18(13-16)29-19-8-4-6-17(14-19)23-26-24-21(30-23)10-12-28-24;1-2-11-27-15-25-22(20(27)9-1)16-5-3-7-18(13-16)29-19-8-4-6-17(14-19)24-26-23-21(30-24)10-12-28-23;1-2-11-27-15-25-22(20(27)9-1)16-5-3-7-18(13-16)28-19-8-4-6-17(14-19)23-26-24-21(29-23)10-12-30-24;1-2-11-27-15-25-22(20(27)9-1)16-5-3-7-18(13-16)28-19-8-4-6-17(14-19)23-26-24-21(30-23)10-12-29-24;;;;/h4*1-12,15H;;;;/q4*-2;4*+2. The first-order valence-corrected chi connectivity index (χ1v) is 40.7.